The van der Waals surface area contributed by atoms with Crippen LogP contribution in [0.5, 0.6) is 11.5 Å². The quantitative estimate of drug-likeness (QED) is 0.259. The molecule has 1 heterocycles. The second kappa shape index (κ2) is 10.5. The van der Waals surface area contributed by atoms with Gasteiger partial charge in [0.2, 0.25) is 0 Å². The van der Waals surface area contributed by atoms with E-state index in [1.54, 1.807) is 35.7 Å². The highest BCUT2D eigenvalue weighted by Gasteiger charge is 2.19. The fraction of sp³-hybridized carbons (Fsp3) is 0.0952. The minimum atomic E-state index is -0.642. The molecule has 0 spiro atoms. The number of ether oxygens (including phenoxy) is 2. The lowest BCUT2D eigenvalue weighted by atomic mass is 10.1. The predicted octanol–water partition coefficient (Wildman–Crippen LogP) is 4.05. The average molecular weight is 487 g/mol. The van der Waals surface area contributed by atoms with Crippen molar-refractivity contribution >= 4 is 57.5 Å². The molecular formula is C21H18N4O6S2. The Balaban J connectivity index is 1.67. The Morgan fingerprint density at radius 1 is 1.00 bits per heavy atom. The summed E-state index contributed by atoms with van der Waals surface area (Å²) in [4.78, 5) is 35.8. The Bertz CT molecular complexity index is 1210. The molecule has 33 heavy (non-hydrogen) atoms. The number of hydrogen-bond donors (Lipinski definition) is 3. The number of nitrogens with one attached hydrogen (secondary N) is 3. The van der Waals surface area contributed by atoms with Crippen molar-refractivity contribution in [2.75, 3.05) is 24.9 Å². The standard InChI is InChI=1S/C21H18N4O6S2/c1-30-16-8-5-12(10-15(16)25(28)29)19(26)24-21(32)22-13-6-7-14(17(11-13)31-2)23-20(27)18-4-3-9-33-18/h3-11H,1-2H3,(H,23,27)(H2,22,24,26,32). The zero-order valence-electron chi connectivity index (χ0n) is 17.4. The number of anilines is 2. The third kappa shape index (κ3) is 5.81. The van der Waals surface area contributed by atoms with E-state index in [0.717, 1.165) is 6.07 Å². The molecule has 0 atom stereocenters. The normalized spacial score (nSPS) is 10.1. The van der Waals surface area contributed by atoms with E-state index >= 15 is 0 Å². The van der Waals surface area contributed by atoms with Gasteiger partial charge in [-0.1, -0.05) is 6.07 Å². The molecule has 0 bridgehead atoms. The maximum atomic E-state index is 12.5. The second-order valence-electron chi connectivity index (χ2n) is 6.40. The van der Waals surface area contributed by atoms with Crippen LogP contribution in [0.1, 0.15) is 20.0 Å². The van der Waals surface area contributed by atoms with Crippen molar-refractivity contribution < 1.29 is 24.0 Å². The summed E-state index contributed by atoms with van der Waals surface area (Å²) in [5, 5.41) is 21.0. The number of hydrogen-bond acceptors (Lipinski definition) is 8. The number of nitro benzene ring substituents is 1. The van der Waals surface area contributed by atoms with E-state index in [4.69, 9.17) is 21.7 Å². The topological polar surface area (TPSA) is 132 Å². The molecule has 0 fully saturated rings. The zero-order chi connectivity index (χ0) is 24.0. The van der Waals surface area contributed by atoms with Crippen LogP contribution >= 0.6 is 23.6 Å². The van der Waals surface area contributed by atoms with Crippen LogP contribution < -0.4 is 25.4 Å². The summed E-state index contributed by atoms with van der Waals surface area (Å²) in [6.45, 7) is 0. The van der Waals surface area contributed by atoms with Crippen LogP contribution in [-0.4, -0.2) is 36.1 Å². The number of carbonyl (C=O) groups is 2. The average Bonchev–Trinajstić information content (AvgIpc) is 3.34. The SMILES string of the molecule is COc1cc(NC(=S)NC(=O)c2ccc(OC)c([N+](=O)[O-])c2)ccc1NC(=O)c1cccs1. The zero-order valence-corrected chi connectivity index (χ0v) is 19.0. The van der Waals surface area contributed by atoms with Gasteiger partial charge >= 0.3 is 5.69 Å². The Hall–Kier alpha value is -4.03. The molecule has 2 amide bonds. The first kappa shape index (κ1) is 23.6. The number of methoxy groups -OCH3 is 2. The third-order valence-electron chi connectivity index (χ3n) is 4.32. The number of amides is 2. The van der Waals surface area contributed by atoms with Gasteiger partial charge in [-0.15, -0.1) is 11.3 Å². The van der Waals surface area contributed by atoms with E-state index in [9.17, 15) is 19.7 Å². The molecule has 1 aromatic heterocycles. The van der Waals surface area contributed by atoms with Crippen LogP contribution in [0.2, 0.25) is 0 Å². The highest BCUT2D eigenvalue weighted by molar-refractivity contribution is 7.80. The molecule has 0 radical (unpaired) electrons. The van der Waals surface area contributed by atoms with Crippen molar-refractivity contribution in [1.82, 2.24) is 5.32 Å². The van der Waals surface area contributed by atoms with E-state index in [-0.39, 0.29) is 28.0 Å². The smallest absolute Gasteiger partial charge is 0.311 e. The van der Waals surface area contributed by atoms with Gasteiger partial charge in [-0.25, -0.2) is 0 Å². The summed E-state index contributed by atoms with van der Waals surface area (Å²) >= 11 is 6.49. The molecule has 10 nitrogen and oxygen atoms in total. The molecule has 0 aliphatic carbocycles. The van der Waals surface area contributed by atoms with E-state index in [2.05, 4.69) is 16.0 Å². The summed E-state index contributed by atoms with van der Waals surface area (Å²) in [5.74, 6) is -0.481. The van der Waals surface area contributed by atoms with Gasteiger partial charge in [-0.2, -0.15) is 0 Å². The van der Waals surface area contributed by atoms with Gasteiger partial charge in [0, 0.05) is 23.4 Å². The fourth-order valence-corrected chi connectivity index (χ4v) is 3.60. The molecule has 3 N–H and O–H groups in total. The van der Waals surface area contributed by atoms with Crippen molar-refractivity contribution in [1.29, 1.82) is 0 Å². The summed E-state index contributed by atoms with van der Waals surface area (Å²) in [6, 6.07) is 12.2. The Kier molecular flexibility index (Phi) is 7.53. The lowest BCUT2D eigenvalue weighted by molar-refractivity contribution is -0.385. The maximum Gasteiger partial charge on any atom is 0.311 e. The highest BCUT2D eigenvalue weighted by Crippen LogP contribution is 2.29. The summed E-state index contributed by atoms with van der Waals surface area (Å²) in [6.07, 6.45) is 0. The molecule has 0 saturated heterocycles. The Labute approximate surface area is 197 Å². The number of carbonyl (C=O) groups excluding carboxylic acids is 2. The monoisotopic (exact) mass is 486 g/mol. The second-order valence-corrected chi connectivity index (χ2v) is 7.75. The number of nitro groups is 1. The van der Waals surface area contributed by atoms with Crippen molar-refractivity contribution in [2.45, 2.75) is 0 Å². The maximum absolute atomic E-state index is 12.5. The first-order chi connectivity index (χ1) is 15.8. The van der Waals surface area contributed by atoms with Crippen LogP contribution in [-0.2, 0) is 0 Å². The first-order valence-corrected chi connectivity index (χ1v) is 10.6. The molecule has 0 aliphatic heterocycles. The Morgan fingerprint density at radius 2 is 1.76 bits per heavy atom. The van der Waals surface area contributed by atoms with Crippen LogP contribution in [0.4, 0.5) is 17.1 Å². The van der Waals surface area contributed by atoms with Crippen LogP contribution in [0.15, 0.2) is 53.9 Å². The molecular weight excluding hydrogens is 468 g/mol. The number of nitrogens with zero attached hydrogens (tertiary/aromatic N) is 1. The summed E-state index contributed by atoms with van der Waals surface area (Å²) in [5.41, 5.74) is 0.652. The van der Waals surface area contributed by atoms with Gasteiger partial charge in [-0.05, 0) is 47.9 Å². The minimum Gasteiger partial charge on any atom is -0.494 e. The Morgan fingerprint density at radius 3 is 2.39 bits per heavy atom. The lowest BCUT2D eigenvalue weighted by Gasteiger charge is -2.14. The molecule has 170 valence electrons. The number of thiocarbonyl (C=S) groups is 1. The molecule has 12 heteroatoms. The fourth-order valence-electron chi connectivity index (χ4n) is 2.78. The molecule has 0 unspecified atom stereocenters. The third-order valence-corrected chi connectivity index (χ3v) is 5.39. The summed E-state index contributed by atoms with van der Waals surface area (Å²) in [7, 11) is 2.75. The number of rotatable bonds is 7. The van der Waals surface area contributed by atoms with E-state index in [1.807, 2.05) is 0 Å². The van der Waals surface area contributed by atoms with Crippen LogP contribution in [0.3, 0.4) is 0 Å². The molecule has 3 rings (SSSR count). The van der Waals surface area contributed by atoms with Gasteiger partial charge < -0.3 is 20.1 Å². The van der Waals surface area contributed by atoms with E-state index in [0.29, 0.717) is 22.0 Å². The first-order valence-electron chi connectivity index (χ1n) is 9.30. The van der Waals surface area contributed by atoms with Gasteiger partial charge in [0.15, 0.2) is 10.9 Å². The molecule has 0 saturated carbocycles. The highest BCUT2D eigenvalue weighted by atomic mass is 32.1. The van der Waals surface area contributed by atoms with Crippen molar-refractivity contribution in [2.24, 2.45) is 0 Å². The van der Waals surface area contributed by atoms with Gasteiger partial charge in [0.05, 0.1) is 29.7 Å². The largest absolute Gasteiger partial charge is 0.494 e. The van der Waals surface area contributed by atoms with Gasteiger partial charge in [-0.3, -0.25) is 25.0 Å². The predicted molar refractivity (Wildman–Crippen MR) is 129 cm³/mol. The van der Waals surface area contributed by atoms with Crippen molar-refractivity contribution in [3.8, 4) is 11.5 Å². The molecule has 0 aliphatic rings. The van der Waals surface area contributed by atoms with Crippen molar-refractivity contribution in [3.05, 3.63) is 74.5 Å². The van der Waals surface area contributed by atoms with Crippen LogP contribution in [0.25, 0.3) is 0 Å². The lowest BCUT2D eigenvalue weighted by Crippen LogP contribution is -2.34. The van der Waals surface area contributed by atoms with E-state index < -0.39 is 10.8 Å². The van der Waals surface area contributed by atoms with Crippen molar-refractivity contribution in [3.63, 3.8) is 0 Å². The number of thiophene rings is 1. The van der Waals surface area contributed by atoms with Gasteiger partial charge in [0.25, 0.3) is 11.8 Å². The van der Waals surface area contributed by atoms with E-state index in [1.165, 1.54) is 37.7 Å². The minimum absolute atomic E-state index is 0.0316. The van der Waals surface area contributed by atoms with Gasteiger partial charge in [0.1, 0.15) is 5.75 Å². The molecule has 2 aromatic carbocycles. The summed E-state index contributed by atoms with van der Waals surface area (Å²) < 4.78 is 10.3. The molecule has 3 aromatic rings. The number of benzene rings is 2. The van der Waals surface area contributed by atoms with Crippen LogP contribution in [0, 0.1) is 10.1 Å².